The quantitative estimate of drug-likeness (QED) is 0.449. The molecule has 0 aromatic carbocycles. The summed E-state index contributed by atoms with van der Waals surface area (Å²) >= 11 is 5.02. The summed E-state index contributed by atoms with van der Waals surface area (Å²) < 4.78 is 33.4. The van der Waals surface area contributed by atoms with Crippen LogP contribution in [0.25, 0.3) is 0 Å². The van der Waals surface area contributed by atoms with Crippen LogP contribution >= 0.6 is 6.72 Å². The molecule has 0 radical (unpaired) electrons. The Labute approximate surface area is 177 Å². The molecule has 2 saturated heterocycles. The molecule has 29 heavy (non-hydrogen) atoms. The molecule has 2 heterocycles. The lowest BCUT2D eigenvalue weighted by molar-refractivity contribution is -0.218. The van der Waals surface area contributed by atoms with Crippen LogP contribution in [-0.2, 0) is 39.8 Å². The lowest BCUT2D eigenvalue weighted by atomic mass is 10.1. The Hall–Kier alpha value is 0.290. The Kier molecular flexibility index (Phi) is 9.46. The van der Waals surface area contributed by atoms with Gasteiger partial charge in [0, 0.05) is 0 Å². The number of rotatable bonds is 10. The highest BCUT2D eigenvalue weighted by molar-refractivity contribution is 8.06. The van der Waals surface area contributed by atoms with Gasteiger partial charge in [-0.3, -0.25) is 0 Å². The summed E-state index contributed by atoms with van der Waals surface area (Å²) in [4.78, 5) is 12.8. The summed E-state index contributed by atoms with van der Waals surface area (Å²) in [6.07, 6.45) is -5.84. The van der Waals surface area contributed by atoms with Crippen LogP contribution in [0, 0.1) is 0 Å². The summed E-state index contributed by atoms with van der Waals surface area (Å²) in [5.74, 6) is 0. The lowest BCUT2D eigenvalue weighted by Crippen LogP contribution is -2.40. The van der Waals surface area contributed by atoms with E-state index in [1.54, 1.807) is 13.8 Å². The van der Waals surface area contributed by atoms with Gasteiger partial charge in [-0.05, 0) is 41.5 Å². The molecule has 2 aliphatic rings. The zero-order valence-corrected chi connectivity index (χ0v) is 19.5. The van der Waals surface area contributed by atoms with Crippen LogP contribution in [0.3, 0.4) is 0 Å². The predicted octanol–water partition coefficient (Wildman–Crippen LogP) is 0.488. The third-order valence-corrected chi connectivity index (χ3v) is 6.36. The van der Waals surface area contributed by atoms with Gasteiger partial charge < -0.3 is 43.1 Å². The molecule has 2 aliphatic heterocycles. The van der Waals surface area contributed by atoms with Crippen molar-refractivity contribution in [2.75, 3.05) is 13.2 Å². The maximum Gasteiger partial charge on any atom is 0.121 e. The molecule has 11 heteroatoms. The minimum atomic E-state index is -3.97. The molecule has 0 saturated carbocycles. The van der Waals surface area contributed by atoms with Crippen molar-refractivity contribution in [3.05, 3.63) is 0 Å². The van der Waals surface area contributed by atoms with Crippen molar-refractivity contribution in [1.29, 1.82) is 0 Å². The van der Waals surface area contributed by atoms with Gasteiger partial charge >= 0.3 is 0 Å². The molecule has 2 N–H and O–H groups in total. The molecule has 0 aliphatic carbocycles. The fraction of sp³-hybridized carbons (Fsp3) is 1.00. The summed E-state index contributed by atoms with van der Waals surface area (Å²) in [6, 6.07) is 0. The van der Waals surface area contributed by atoms with E-state index in [0.29, 0.717) is 0 Å². The van der Waals surface area contributed by atoms with Crippen LogP contribution in [0.5, 0.6) is 0 Å². The van der Waals surface area contributed by atoms with Crippen molar-refractivity contribution in [3.63, 3.8) is 0 Å². The molecule has 2 rings (SSSR count). The van der Waals surface area contributed by atoms with Crippen LogP contribution in [0.2, 0.25) is 0 Å². The molecule has 9 nitrogen and oxygen atoms in total. The van der Waals surface area contributed by atoms with Crippen molar-refractivity contribution in [2.24, 2.45) is 0 Å². The van der Waals surface area contributed by atoms with E-state index in [0.717, 1.165) is 0 Å². The van der Waals surface area contributed by atoms with Gasteiger partial charge in [0.05, 0.1) is 37.6 Å². The molecule has 0 bridgehead atoms. The van der Waals surface area contributed by atoms with E-state index in [4.69, 9.17) is 39.8 Å². The fourth-order valence-corrected chi connectivity index (χ4v) is 4.78. The van der Waals surface area contributed by atoms with E-state index in [1.807, 2.05) is 27.7 Å². The van der Waals surface area contributed by atoms with Crippen LogP contribution in [0.1, 0.15) is 41.5 Å². The predicted molar refractivity (Wildman–Crippen MR) is 107 cm³/mol. The topological polar surface area (TPSA) is 119 Å². The second kappa shape index (κ2) is 10.7. The van der Waals surface area contributed by atoms with Gasteiger partial charge in [0.2, 0.25) is 0 Å². The minimum absolute atomic E-state index is 0.0373. The summed E-state index contributed by atoms with van der Waals surface area (Å²) in [6.45, 7) is 6.86. The average Bonchev–Trinajstić information content (AvgIpc) is 3.02. The molecular weight excluding hydrogens is 423 g/mol. The van der Waals surface area contributed by atoms with Crippen molar-refractivity contribution >= 4 is 18.5 Å². The fourth-order valence-electron chi connectivity index (χ4n) is 3.35. The molecule has 9 atom stereocenters. The normalized spacial score (nSPS) is 40.1. The molecule has 0 aromatic heterocycles. The second-order valence-corrected chi connectivity index (χ2v) is 10.8. The van der Waals surface area contributed by atoms with Crippen molar-refractivity contribution in [1.82, 2.24) is 0 Å². The standard InChI is InChI=1S/C18H35O9PS/c1-9(2)22-7-13-18(16(20)12(6)25-13)27-28(21,29)23-8-14-17(24-10(3)4)15(19)11(5)26-14/h9-20H,7-8H2,1-6H3,(H,21,29)/p-1/t11-,12-,13+,14+,15?,16?,17-,18-,28?/m0/s1. The second-order valence-electron chi connectivity index (χ2n) is 8.09. The molecule has 0 aromatic rings. The van der Waals surface area contributed by atoms with Gasteiger partial charge in [-0.2, -0.15) is 0 Å². The van der Waals surface area contributed by atoms with Crippen molar-refractivity contribution < 1.29 is 43.1 Å². The Balaban J connectivity index is 1.96. The molecular formula is C18H34O9PS-. The van der Waals surface area contributed by atoms with E-state index in [-0.39, 0.29) is 25.4 Å². The van der Waals surface area contributed by atoms with Crippen LogP contribution < -0.4 is 4.89 Å². The third kappa shape index (κ3) is 7.15. The monoisotopic (exact) mass is 457 g/mol. The van der Waals surface area contributed by atoms with E-state index >= 15 is 0 Å². The molecule has 2 fully saturated rings. The molecule has 0 spiro atoms. The van der Waals surface area contributed by atoms with E-state index in [9.17, 15) is 15.1 Å². The number of ether oxygens (including phenoxy) is 4. The number of aliphatic hydroxyl groups excluding tert-OH is 2. The van der Waals surface area contributed by atoms with E-state index < -0.39 is 55.6 Å². The number of hydrogen-bond donors (Lipinski definition) is 2. The highest BCUT2D eigenvalue weighted by Crippen LogP contribution is 2.44. The largest absolute Gasteiger partial charge is 0.780 e. The van der Waals surface area contributed by atoms with Crippen molar-refractivity contribution in [3.8, 4) is 0 Å². The van der Waals surface area contributed by atoms with Gasteiger partial charge in [0.1, 0.15) is 43.3 Å². The summed E-state index contributed by atoms with van der Waals surface area (Å²) in [5.41, 5.74) is 0. The Morgan fingerprint density at radius 3 is 1.97 bits per heavy atom. The van der Waals surface area contributed by atoms with E-state index in [1.165, 1.54) is 0 Å². The summed E-state index contributed by atoms with van der Waals surface area (Å²) in [7, 11) is 0. The molecule has 0 amide bonds. The lowest BCUT2D eigenvalue weighted by Gasteiger charge is -2.34. The van der Waals surface area contributed by atoms with Gasteiger partial charge in [-0.25, -0.2) is 0 Å². The first kappa shape index (κ1) is 25.5. The maximum atomic E-state index is 12.8. The van der Waals surface area contributed by atoms with Crippen molar-refractivity contribution in [2.45, 2.75) is 103 Å². The van der Waals surface area contributed by atoms with Crippen LogP contribution in [0.4, 0.5) is 0 Å². The highest BCUT2D eigenvalue weighted by atomic mass is 32.5. The van der Waals surface area contributed by atoms with Crippen LogP contribution in [-0.4, -0.2) is 84.5 Å². The zero-order valence-electron chi connectivity index (χ0n) is 17.8. The van der Waals surface area contributed by atoms with Crippen LogP contribution in [0.15, 0.2) is 0 Å². The highest BCUT2D eigenvalue weighted by Gasteiger charge is 2.45. The first-order chi connectivity index (χ1) is 13.4. The smallest absolute Gasteiger partial charge is 0.121 e. The third-order valence-electron chi connectivity index (χ3n) is 4.82. The maximum absolute atomic E-state index is 12.8. The average molecular weight is 458 g/mol. The Bertz CT molecular complexity index is 563. The number of hydrogen-bond acceptors (Lipinski definition) is 10. The summed E-state index contributed by atoms with van der Waals surface area (Å²) in [5, 5.41) is 20.6. The minimum Gasteiger partial charge on any atom is -0.780 e. The van der Waals surface area contributed by atoms with Gasteiger partial charge in [0.15, 0.2) is 0 Å². The first-order valence-corrected chi connectivity index (χ1v) is 12.5. The van der Waals surface area contributed by atoms with E-state index in [2.05, 4.69) is 0 Å². The Morgan fingerprint density at radius 2 is 1.45 bits per heavy atom. The SMILES string of the molecule is CC(C)OC[C@H]1O[C@@H](C)C(O)[C@H]1OP([O-])(=S)OC[C@H]1O[C@@H](C)C(O)[C@H]1OC(C)C. The number of aliphatic hydroxyl groups is 2. The molecule has 3 unspecified atom stereocenters. The zero-order chi connectivity index (χ0) is 21.9. The first-order valence-electron chi connectivity index (χ1n) is 9.99. The van der Waals surface area contributed by atoms with Gasteiger partial charge in [0.25, 0.3) is 0 Å². The molecule has 172 valence electrons. The van der Waals surface area contributed by atoms with Gasteiger partial charge in [-0.15, -0.1) is 0 Å². The van der Waals surface area contributed by atoms with Gasteiger partial charge in [-0.1, -0.05) is 11.8 Å². The Morgan fingerprint density at radius 1 is 0.931 bits per heavy atom.